The molecule has 0 amide bonds. The Labute approximate surface area is 252 Å². The highest BCUT2D eigenvalue weighted by Crippen LogP contribution is 2.46. The van der Waals surface area contributed by atoms with Crippen molar-refractivity contribution >= 4 is 81.3 Å². The Bertz CT molecular complexity index is 2450. The lowest BCUT2D eigenvalue weighted by molar-refractivity contribution is 0.669. The minimum Gasteiger partial charge on any atom is -0.456 e. The van der Waals surface area contributed by atoms with Crippen molar-refractivity contribution in [1.82, 2.24) is 0 Å². The van der Waals surface area contributed by atoms with Crippen LogP contribution in [0, 0.1) is 0 Å². The van der Waals surface area contributed by atoms with E-state index in [1.54, 1.807) is 0 Å². The summed E-state index contributed by atoms with van der Waals surface area (Å²) < 4.78 is 8.95. The zero-order valence-corrected chi connectivity index (χ0v) is 24.0. The van der Waals surface area contributed by atoms with Crippen LogP contribution in [-0.2, 0) is 0 Å². The second kappa shape index (κ2) is 9.59. The van der Waals surface area contributed by atoms with Crippen molar-refractivity contribution in [2.24, 2.45) is 0 Å². The van der Waals surface area contributed by atoms with Crippen molar-refractivity contribution in [2.45, 2.75) is 0 Å². The monoisotopic (exact) mass is 567 g/mol. The fraction of sp³-hybridized carbons (Fsp3) is 0. The molecule has 3 heteroatoms. The van der Waals surface area contributed by atoms with E-state index in [9.17, 15) is 0 Å². The Balaban J connectivity index is 1.29. The van der Waals surface area contributed by atoms with Crippen LogP contribution in [0.4, 0.5) is 17.1 Å². The van der Waals surface area contributed by atoms with Crippen LogP contribution in [-0.4, -0.2) is 0 Å². The lowest BCUT2D eigenvalue weighted by Gasteiger charge is -2.27. The second-order valence-electron chi connectivity index (χ2n) is 11.0. The molecular formula is C40H25NOS. The average Bonchev–Trinajstić information content (AvgIpc) is 3.62. The molecule has 0 unspecified atom stereocenters. The van der Waals surface area contributed by atoms with Crippen LogP contribution in [0.15, 0.2) is 156 Å². The third-order valence-corrected chi connectivity index (χ3v) is 9.57. The number of thiophene rings is 1. The maximum atomic E-state index is 6.37. The zero-order valence-electron chi connectivity index (χ0n) is 23.2. The van der Waals surface area contributed by atoms with Crippen LogP contribution in [0.5, 0.6) is 0 Å². The van der Waals surface area contributed by atoms with Crippen LogP contribution in [0.1, 0.15) is 0 Å². The lowest BCUT2D eigenvalue weighted by Crippen LogP contribution is -2.10. The summed E-state index contributed by atoms with van der Waals surface area (Å²) in [6, 6.07) is 54.3. The van der Waals surface area contributed by atoms with Crippen LogP contribution in [0.2, 0.25) is 0 Å². The molecule has 0 spiro atoms. The smallest absolute Gasteiger partial charge is 0.136 e. The van der Waals surface area contributed by atoms with E-state index in [-0.39, 0.29) is 0 Å². The molecule has 0 saturated heterocycles. The van der Waals surface area contributed by atoms with E-state index in [1.165, 1.54) is 47.8 Å². The van der Waals surface area contributed by atoms with Gasteiger partial charge in [-0.3, -0.25) is 0 Å². The molecule has 0 radical (unpaired) electrons. The van der Waals surface area contributed by atoms with E-state index in [2.05, 4.69) is 157 Å². The lowest BCUT2D eigenvalue weighted by atomic mass is 10.0. The van der Waals surface area contributed by atoms with E-state index in [1.807, 2.05) is 11.3 Å². The first-order valence-corrected chi connectivity index (χ1v) is 15.3. The molecule has 0 saturated carbocycles. The SMILES string of the molecule is c1ccc(-c2ccc(N(c3ccc4oc5cc6ccccc6cc5c4c3)c3cccc4sc5ccccc5c34)cc2)cc1. The van der Waals surface area contributed by atoms with Gasteiger partial charge < -0.3 is 9.32 Å². The van der Waals surface area contributed by atoms with E-state index in [4.69, 9.17) is 4.42 Å². The summed E-state index contributed by atoms with van der Waals surface area (Å²) in [7, 11) is 0. The number of nitrogens with zero attached hydrogens (tertiary/aromatic N) is 1. The number of hydrogen-bond donors (Lipinski definition) is 0. The molecule has 2 aromatic heterocycles. The highest BCUT2D eigenvalue weighted by Gasteiger charge is 2.20. The van der Waals surface area contributed by atoms with Gasteiger partial charge in [0.1, 0.15) is 11.2 Å². The average molecular weight is 568 g/mol. The van der Waals surface area contributed by atoms with Gasteiger partial charge in [0.05, 0.1) is 5.69 Å². The summed E-state index contributed by atoms with van der Waals surface area (Å²) in [4.78, 5) is 2.40. The molecular weight excluding hydrogens is 543 g/mol. The maximum Gasteiger partial charge on any atom is 0.136 e. The molecule has 2 nitrogen and oxygen atoms in total. The molecule has 0 aliphatic carbocycles. The third-order valence-electron chi connectivity index (χ3n) is 8.43. The third kappa shape index (κ3) is 3.93. The van der Waals surface area contributed by atoms with Gasteiger partial charge in [0, 0.05) is 42.3 Å². The molecule has 0 atom stereocenters. The number of anilines is 3. The molecule has 0 aliphatic heterocycles. The molecule has 0 N–H and O–H groups in total. The molecule has 0 bridgehead atoms. The van der Waals surface area contributed by atoms with Gasteiger partial charge in [-0.05, 0) is 82.6 Å². The molecule has 9 aromatic rings. The quantitative estimate of drug-likeness (QED) is 0.210. The fourth-order valence-corrected chi connectivity index (χ4v) is 7.52. The highest BCUT2D eigenvalue weighted by atomic mass is 32.1. The summed E-state index contributed by atoms with van der Waals surface area (Å²) in [6.45, 7) is 0. The largest absolute Gasteiger partial charge is 0.456 e. The van der Waals surface area contributed by atoms with E-state index < -0.39 is 0 Å². The topological polar surface area (TPSA) is 16.4 Å². The van der Waals surface area contributed by atoms with Crippen molar-refractivity contribution < 1.29 is 4.42 Å². The summed E-state index contributed by atoms with van der Waals surface area (Å²) >= 11 is 1.85. The van der Waals surface area contributed by atoms with Crippen LogP contribution in [0.3, 0.4) is 0 Å². The Morgan fingerprint density at radius 1 is 0.442 bits per heavy atom. The van der Waals surface area contributed by atoms with Crippen molar-refractivity contribution in [3.8, 4) is 11.1 Å². The van der Waals surface area contributed by atoms with Gasteiger partial charge in [0.15, 0.2) is 0 Å². The fourth-order valence-electron chi connectivity index (χ4n) is 6.39. The number of benzene rings is 7. The maximum absolute atomic E-state index is 6.37. The zero-order chi connectivity index (χ0) is 28.3. The number of hydrogen-bond acceptors (Lipinski definition) is 3. The van der Waals surface area contributed by atoms with Crippen molar-refractivity contribution in [1.29, 1.82) is 0 Å². The van der Waals surface area contributed by atoms with Crippen molar-refractivity contribution in [3.63, 3.8) is 0 Å². The Hall–Kier alpha value is -5.38. The van der Waals surface area contributed by atoms with Gasteiger partial charge in [-0.15, -0.1) is 11.3 Å². The van der Waals surface area contributed by atoms with Gasteiger partial charge >= 0.3 is 0 Å². The molecule has 0 fully saturated rings. The van der Waals surface area contributed by atoms with E-state index in [0.717, 1.165) is 33.3 Å². The first-order valence-electron chi connectivity index (χ1n) is 14.5. The Morgan fingerprint density at radius 3 is 1.98 bits per heavy atom. The van der Waals surface area contributed by atoms with Gasteiger partial charge in [-0.25, -0.2) is 0 Å². The van der Waals surface area contributed by atoms with Crippen molar-refractivity contribution in [2.75, 3.05) is 4.90 Å². The minimum absolute atomic E-state index is 0.896. The van der Waals surface area contributed by atoms with Gasteiger partial charge in [0.2, 0.25) is 0 Å². The first kappa shape index (κ1) is 24.2. The van der Waals surface area contributed by atoms with Gasteiger partial charge in [-0.1, -0.05) is 91.0 Å². The summed E-state index contributed by atoms with van der Waals surface area (Å²) in [5.41, 5.74) is 7.60. The molecule has 7 aromatic carbocycles. The molecule has 43 heavy (non-hydrogen) atoms. The number of fused-ring (bicyclic) bond motifs is 7. The molecule has 0 aliphatic rings. The predicted octanol–water partition coefficient (Wildman–Crippen LogP) is 12.2. The minimum atomic E-state index is 0.896. The first-order chi connectivity index (χ1) is 21.3. The van der Waals surface area contributed by atoms with Crippen LogP contribution >= 0.6 is 11.3 Å². The van der Waals surface area contributed by atoms with Crippen LogP contribution < -0.4 is 4.90 Å². The van der Waals surface area contributed by atoms with E-state index in [0.29, 0.717) is 0 Å². The standard InChI is InChI=1S/C40H25NOS/c1-2-9-26(10-3-1)27-17-19-30(20-18-27)41(35-14-8-16-39-40(35)32-13-6-7-15-38(32)43-39)31-21-22-36-34(25-31)33-23-28-11-4-5-12-29(28)24-37(33)42-36/h1-25H. The highest BCUT2D eigenvalue weighted by molar-refractivity contribution is 7.26. The second-order valence-corrected chi connectivity index (χ2v) is 12.1. The number of rotatable bonds is 4. The van der Waals surface area contributed by atoms with E-state index >= 15 is 0 Å². The Morgan fingerprint density at radius 2 is 1.12 bits per heavy atom. The molecule has 2 heterocycles. The summed E-state index contributed by atoms with van der Waals surface area (Å²) in [5.74, 6) is 0. The molecule has 9 rings (SSSR count). The van der Waals surface area contributed by atoms with Crippen LogP contribution in [0.25, 0.3) is 64.0 Å². The Kier molecular flexibility index (Phi) is 5.40. The number of furan rings is 1. The van der Waals surface area contributed by atoms with Gasteiger partial charge in [0.25, 0.3) is 0 Å². The molecule has 202 valence electrons. The summed E-state index contributed by atoms with van der Waals surface area (Å²) in [5, 5.41) is 7.21. The predicted molar refractivity (Wildman–Crippen MR) is 184 cm³/mol. The normalized spacial score (nSPS) is 11.7. The van der Waals surface area contributed by atoms with Crippen molar-refractivity contribution in [3.05, 3.63) is 152 Å². The van der Waals surface area contributed by atoms with Gasteiger partial charge in [-0.2, -0.15) is 0 Å². The summed E-state index contributed by atoms with van der Waals surface area (Å²) in [6.07, 6.45) is 0.